The number of rotatable bonds is 7. The molecule has 1 fully saturated rings. The minimum atomic E-state index is -0.0836. The number of ketones is 1. The van der Waals surface area contributed by atoms with Crippen LogP contribution in [-0.4, -0.2) is 24.8 Å². The maximum Gasteiger partial charge on any atom is 0.257 e. The third-order valence-electron chi connectivity index (χ3n) is 3.03. The van der Waals surface area contributed by atoms with Gasteiger partial charge in [0.2, 0.25) is 0 Å². The molecule has 0 saturated heterocycles. The summed E-state index contributed by atoms with van der Waals surface area (Å²) >= 11 is 0. The van der Waals surface area contributed by atoms with Gasteiger partial charge in [0, 0.05) is 13.0 Å². The number of benzene rings is 1. The number of Topliss-reactive ketones (excluding diaryl/α,β-unsaturated/α-hetero) is 1. The van der Waals surface area contributed by atoms with Crippen LogP contribution < -0.4 is 10.1 Å². The Labute approximate surface area is 113 Å². The highest BCUT2D eigenvalue weighted by atomic mass is 16.5. The van der Waals surface area contributed by atoms with Gasteiger partial charge in [-0.3, -0.25) is 9.59 Å². The van der Waals surface area contributed by atoms with Crippen molar-refractivity contribution in [1.82, 2.24) is 5.32 Å². The largest absolute Gasteiger partial charge is 0.484 e. The number of nitrogens with one attached hydrogen (secondary N) is 1. The van der Waals surface area contributed by atoms with Crippen LogP contribution in [0, 0.1) is 5.92 Å². The van der Waals surface area contributed by atoms with E-state index in [4.69, 9.17) is 4.74 Å². The first-order chi connectivity index (χ1) is 9.13. The second kappa shape index (κ2) is 6.36. The molecule has 102 valence electrons. The van der Waals surface area contributed by atoms with Crippen LogP contribution in [0.15, 0.2) is 24.3 Å². The first-order valence-electron chi connectivity index (χ1n) is 6.61. The molecule has 4 nitrogen and oxygen atoms in total. The van der Waals surface area contributed by atoms with E-state index in [1.165, 1.54) is 12.8 Å². The molecule has 0 aromatic heterocycles. The molecule has 1 aromatic rings. The average Bonchev–Trinajstić information content (AvgIpc) is 3.19. The minimum absolute atomic E-state index is 0.0405. The van der Waals surface area contributed by atoms with Gasteiger partial charge in [-0.2, -0.15) is 0 Å². The SMILES string of the molecule is CC(=O)Cc1ccc(OCC(=O)NCC2CC2)cc1. The Kier molecular flexibility index (Phi) is 4.55. The van der Waals surface area contributed by atoms with E-state index >= 15 is 0 Å². The number of amides is 1. The van der Waals surface area contributed by atoms with Crippen LogP contribution in [0.5, 0.6) is 5.75 Å². The van der Waals surface area contributed by atoms with Gasteiger partial charge in [0.05, 0.1) is 0 Å². The van der Waals surface area contributed by atoms with Crippen molar-refractivity contribution in [3.05, 3.63) is 29.8 Å². The summed E-state index contributed by atoms with van der Waals surface area (Å²) in [7, 11) is 0. The third-order valence-corrected chi connectivity index (χ3v) is 3.03. The van der Waals surface area contributed by atoms with Gasteiger partial charge < -0.3 is 10.1 Å². The second-order valence-corrected chi connectivity index (χ2v) is 5.06. The number of ether oxygens (including phenoxy) is 1. The summed E-state index contributed by atoms with van der Waals surface area (Å²) in [6.07, 6.45) is 2.87. The lowest BCUT2D eigenvalue weighted by Crippen LogP contribution is -2.30. The zero-order chi connectivity index (χ0) is 13.7. The fraction of sp³-hybridized carbons (Fsp3) is 0.467. The summed E-state index contributed by atoms with van der Waals surface area (Å²) in [5, 5.41) is 2.84. The Morgan fingerprint density at radius 2 is 1.95 bits per heavy atom. The Hall–Kier alpha value is -1.84. The van der Waals surface area contributed by atoms with Crippen LogP contribution in [0.3, 0.4) is 0 Å². The van der Waals surface area contributed by atoms with Crippen LogP contribution in [0.1, 0.15) is 25.3 Å². The average molecular weight is 261 g/mol. The maximum absolute atomic E-state index is 11.5. The summed E-state index contributed by atoms with van der Waals surface area (Å²) in [6.45, 7) is 2.37. The smallest absolute Gasteiger partial charge is 0.257 e. The van der Waals surface area contributed by atoms with Crippen molar-refractivity contribution in [3.63, 3.8) is 0 Å². The number of hydrogen-bond acceptors (Lipinski definition) is 3. The molecule has 0 aliphatic heterocycles. The molecule has 19 heavy (non-hydrogen) atoms. The van der Waals surface area contributed by atoms with Crippen LogP contribution in [0.2, 0.25) is 0 Å². The fourth-order valence-electron chi connectivity index (χ4n) is 1.77. The molecular weight excluding hydrogens is 242 g/mol. The van der Waals surface area contributed by atoms with Gasteiger partial charge in [-0.15, -0.1) is 0 Å². The van der Waals surface area contributed by atoms with E-state index < -0.39 is 0 Å². The van der Waals surface area contributed by atoms with E-state index in [9.17, 15) is 9.59 Å². The molecule has 0 atom stereocenters. The molecule has 1 aromatic carbocycles. The van der Waals surface area contributed by atoms with Crippen LogP contribution in [0.4, 0.5) is 0 Å². The van der Waals surface area contributed by atoms with Crippen molar-refractivity contribution in [2.45, 2.75) is 26.2 Å². The van der Waals surface area contributed by atoms with Gasteiger partial charge in [0.25, 0.3) is 5.91 Å². The topological polar surface area (TPSA) is 55.4 Å². The van der Waals surface area contributed by atoms with Crippen molar-refractivity contribution < 1.29 is 14.3 Å². The highest BCUT2D eigenvalue weighted by molar-refractivity contribution is 5.78. The molecule has 0 unspecified atom stereocenters. The van der Waals surface area contributed by atoms with E-state index in [-0.39, 0.29) is 18.3 Å². The Balaban J connectivity index is 1.72. The van der Waals surface area contributed by atoms with Crippen LogP contribution >= 0.6 is 0 Å². The first-order valence-corrected chi connectivity index (χ1v) is 6.61. The molecular formula is C15H19NO3. The van der Waals surface area contributed by atoms with Crippen molar-refractivity contribution in [3.8, 4) is 5.75 Å². The molecule has 0 radical (unpaired) electrons. The molecule has 0 bridgehead atoms. The number of carbonyl (C=O) groups excluding carboxylic acids is 2. The maximum atomic E-state index is 11.5. The molecule has 1 amide bonds. The highest BCUT2D eigenvalue weighted by Crippen LogP contribution is 2.27. The van der Waals surface area contributed by atoms with E-state index in [0.717, 1.165) is 12.1 Å². The standard InChI is InChI=1S/C15H19NO3/c1-11(17)8-12-4-6-14(7-5-12)19-10-15(18)16-9-13-2-3-13/h4-7,13H,2-3,8-10H2,1H3,(H,16,18). The third kappa shape index (κ3) is 5.12. The van der Waals surface area contributed by atoms with Gasteiger partial charge in [-0.25, -0.2) is 0 Å². The van der Waals surface area contributed by atoms with Gasteiger partial charge in [-0.05, 0) is 43.4 Å². The predicted octanol–water partition coefficient (Wildman–Crippen LogP) is 1.72. The normalized spacial score (nSPS) is 13.9. The zero-order valence-corrected chi connectivity index (χ0v) is 11.1. The van der Waals surface area contributed by atoms with E-state index in [1.807, 2.05) is 12.1 Å². The Morgan fingerprint density at radius 1 is 1.26 bits per heavy atom. The van der Waals surface area contributed by atoms with E-state index in [0.29, 0.717) is 18.1 Å². The van der Waals surface area contributed by atoms with Gasteiger partial charge >= 0.3 is 0 Å². The van der Waals surface area contributed by atoms with Crippen LogP contribution in [-0.2, 0) is 16.0 Å². The minimum Gasteiger partial charge on any atom is -0.484 e. The number of carbonyl (C=O) groups is 2. The summed E-state index contributed by atoms with van der Waals surface area (Å²) in [5.74, 6) is 1.37. The molecule has 0 heterocycles. The van der Waals surface area contributed by atoms with Gasteiger partial charge in [-0.1, -0.05) is 12.1 Å². The summed E-state index contributed by atoms with van der Waals surface area (Å²) in [6, 6.07) is 7.26. The molecule has 1 aliphatic carbocycles. The molecule has 0 spiro atoms. The zero-order valence-electron chi connectivity index (χ0n) is 11.1. The van der Waals surface area contributed by atoms with Crippen molar-refractivity contribution in [2.75, 3.05) is 13.2 Å². The van der Waals surface area contributed by atoms with Crippen molar-refractivity contribution in [2.24, 2.45) is 5.92 Å². The first kappa shape index (κ1) is 13.6. The van der Waals surface area contributed by atoms with Crippen molar-refractivity contribution >= 4 is 11.7 Å². The lowest BCUT2D eigenvalue weighted by Gasteiger charge is -2.07. The van der Waals surface area contributed by atoms with Crippen LogP contribution in [0.25, 0.3) is 0 Å². The fourth-order valence-corrected chi connectivity index (χ4v) is 1.77. The Bertz CT molecular complexity index is 449. The summed E-state index contributed by atoms with van der Waals surface area (Å²) < 4.78 is 5.38. The number of hydrogen-bond donors (Lipinski definition) is 1. The van der Waals surface area contributed by atoms with Gasteiger partial charge in [0.15, 0.2) is 6.61 Å². The predicted molar refractivity (Wildman–Crippen MR) is 72.1 cm³/mol. The lowest BCUT2D eigenvalue weighted by molar-refractivity contribution is -0.123. The second-order valence-electron chi connectivity index (χ2n) is 5.06. The summed E-state index contributed by atoms with van der Waals surface area (Å²) in [5.41, 5.74) is 0.957. The molecule has 2 rings (SSSR count). The van der Waals surface area contributed by atoms with E-state index in [2.05, 4.69) is 5.32 Å². The summed E-state index contributed by atoms with van der Waals surface area (Å²) in [4.78, 5) is 22.4. The monoisotopic (exact) mass is 261 g/mol. The molecule has 1 N–H and O–H groups in total. The highest BCUT2D eigenvalue weighted by Gasteiger charge is 2.21. The molecule has 4 heteroatoms. The quantitative estimate of drug-likeness (QED) is 0.813. The lowest BCUT2D eigenvalue weighted by atomic mass is 10.1. The Morgan fingerprint density at radius 3 is 2.53 bits per heavy atom. The molecule has 1 aliphatic rings. The van der Waals surface area contributed by atoms with Gasteiger partial charge in [0.1, 0.15) is 11.5 Å². The van der Waals surface area contributed by atoms with E-state index in [1.54, 1.807) is 19.1 Å². The molecule has 1 saturated carbocycles. The van der Waals surface area contributed by atoms with Crippen molar-refractivity contribution in [1.29, 1.82) is 0 Å².